The van der Waals surface area contributed by atoms with Crippen molar-refractivity contribution < 1.29 is 13.2 Å². The molecule has 0 spiro atoms. The monoisotopic (exact) mass is 291 g/mol. The predicted molar refractivity (Wildman–Crippen MR) is 70.1 cm³/mol. The quantitative estimate of drug-likeness (QED) is 0.891. The molecule has 2 N–H and O–H groups in total. The highest BCUT2D eigenvalue weighted by Crippen LogP contribution is 2.30. The van der Waals surface area contributed by atoms with Crippen LogP contribution in [-0.4, -0.2) is 43.5 Å². The molecule has 0 bridgehead atoms. The number of sulfonamides is 1. The zero-order chi connectivity index (χ0) is 13.3. The van der Waals surface area contributed by atoms with E-state index in [1.807, 2.05) is 6.92 Å². The van der Waals surface area contributed by atoms with Gasteiger partial charge in [-0.25, -0.2) is 13.4 Å². The Bertz CT molecular complexity index is 526. The van der Waals surface area contributed by atoms with Crippen LogP contribution < -0.4 is 5.73 Å². The van der Waals surface area contributed by atoms with Gasteiger partial charge in [-0.3, -0.25) is 0 Å². The van der Waals surface area contributed by atoms with Gasteiger partial charge in [-0.15, -0.1) is 0 Å². The number of rotatable bonds is 3. The van der Waals surface area contributed by atoms with Gasteiger partial charge in [-0.2, -0.15) is 4.31 Å². The van der Waals surface area contributed by atoms with Gasteiger partial charge in [0.15, 0.2) is 9.34 Å². The molecule has 0 aliphatic carbocycles. The molecule has 1 unspecified atom stereocenters. The summed E-state index contributed by atoms with van der Waals surface area (Å²) in [5.74, 6) is 0. The van der Waals surface area contributed by atoms with Crippen LogP contribution in [0.4, 0.5) is 5.13 Å². The number of ether oxygens (including phenoxy) is 1. The molecule has 1 fully saturated rings. The first-order valence-corrected chi connectivity index (χ1v) is 8.05. The van der Waals surface area contributed by atoms with Crippen LogP contribution in [-0.2, 0) is 14.8 Å². The fourth-order valence-corrected chi connectivity index (χ4v) is 5.11. The van der Waals surface area contributed by atoms with E-state index in [0.717, 1.165) is 17.8 Å². The fraction of sp³-hybridized carbons (Fsp3) is 0.700. The smallest absolute Gasteiger partial charge is 0.254 e. The summed E-state index contributed by atoms with van der Waals surface area (Å²) >= 11 is 1.02. The van der Waals surface area contributed by atoms with Crippen LogP contribution >= 0.6 is 11.3 Å². The lowest BCUT2D eigenvalue weighted by Crippen LogP contribution is -2.48. The molecule has 0 aromatic carbocycles. The summed E-state index contributed by atoms with van der Waals surface area (Å²) in [7, 11) is -3.50. The van der Waals surface area contributed by atoms with Crippen molar-refractivity contribution in [3.05, 3.63) is 5.69 Å². The van der Waals surface area contributed by atoms with Gasteiger partial charge in [0, 0.05) is 12.6 Å². The maximum absolute atomic E-state index is 12.6. The summed E-state index contributed by atoms with van der Waals surface area (Å²) in [6.45, 7) is 4.89. The van der Waals surface area contributed by atoms with Crippen molar-refractivity contribution in [3.8, 4) is 0 Å². The Morgan fingerprint density at radius 3 is 2.89 bits per heavy atom. The summed E-state index contributed by atoms with van der Waals surface area (Å²) in [5.41, 5.74) is 6.04. The molecule has 0 amide bonds. The van der Waals surface area contributed by atoms with Crippen molar-refractivity contribution in [3.63, 3.8) is 0 Å². The highest BCUT2D eigenvalue weighted by Gasteiger charge is 2.35. The van der Waals surface area contributed by atoms with Gasteiger partial charge in [-0.05, 0) is 13.3 Å². The first-order chi connectivity index (χ1) is 8.46. The van der Waals surface area contributed by atoms with E-state index in [-0.39, 0.29) is 15.4 Å². The van der Waals surface area contributed by atoms with Gasteiger partial charge in [0.1, 0.15) is 0 Å². The van der Waals surface area contributed by atoms with Crippen molar-refractivity contribution in [1.29, 1.82) is 0 Å². The fourth-order valence-electron chi connectivity index (χ4n) is 2.03. The predicted octanol–water partition coefficient (Wildman–Crippen LogP) is 0.833. The van der Waals surface area contributed by atoms with Crippen LogP contribution in [0.5, 0.6) is 0 Å². The number of nitrogens with zero attached hydrogens (tertiary/aromatic N) is 2. The average molecular weight is 291 g/mol. The molecule has 1 saturated heterocycles. The standard InChI is InChI=1S/C10H17N3O3S2/c1-3-8-6-16-5-4-13(8)18(14,15)9-7(2)12-10(11)17-9/h8H,3-6H2,1-2H3,(H2,11,12). The largest absolute Gasteiger partial charge is 0.378 e. The van der Waals surface area contributed by atoms with Crippen LogP contribution in [0.2, 0.25) is 0 Å². The van der Waals surface area contributed by atoms with Crippen molar-refractivity contribution in [2.75, 3.05) is 25.5 Å². The first-order valence-electron chi connectivity index (χ1n) is 5.79. The van der Waals surface area contributed by atoms with Crippen LogP contribution in [0.25, 0.3) is 0 Å². The van der Waals surface area contributed by atoms with Crippen molar-refractivity contribution >= 4 is 26.5 Å². The van der Waals surface area contributed by atoms with Crippen molar-refractivity contribution in [1.82, 2.24) is 9.29 Å². The van der Waals surface area contributed by atoms with Crippen LogP contribution in [0, 0.1) is 6.92 Å². The summed E-state index contributed by atoms with van der Waals surface area (Å²) in [5, 5.41) is 0.285. The SMILES string of the molecule is CCC1COCCN1S(=O)(=O)c1sc(N)nc1C. The lowest BCUT2D eigenvalue weighted by atomic mass is 10.2. The molecule has 0 radical (unpaired) electrons. The molecule has 0 saturated carbocycles. The molecule has 1 aliphatic heterocycles. The van der Waals surface area contributed by atoms with Gasteiger partial charge in [0.05, 0.1) is 18.9 Å². The number of hydrogen-bond donors (Lipinski definition) is 1. The molecule has 6 nitrogen and oxygen atoms in total. The Balaban J connectivity index is 2.38. The molecule has 1 aliphatic rings. The van der Waals surface area contributed by atoms with E-state index in [1.54, 1.807) is 6.92 Å². The first kappa shape index (κ1) is 13.7. The normalized spacial score (nSPS) is 22.2. The zero-order valence-corrected chi connectivity index (χ0v) is 12.1. The van der Waals surface area contributed by atoms with E-state index in [9.17, 15) is 8.42 Å². The summed E-state index contributed by atoms with van der Waals surface area (Å²) in [4.78, 5) is 3.98. The van der Waals surface area contributed by atoms with Crippen LogP contribution in [0.15, 0.2) is 4.21 Å². The van der Waals surface area contributed by atoms with E-state index in [1.165, 1.54) is 4.31 Å². The van der Waals surface area contributed by atoms with E-state index < -0.39 is 10.0 Å². The molecule has 18 heavy (non-hydrogen) atoms. The number of nitrogens with two attached hydrogens (primary N) is 1. The summed E-state index contributed by atoms with van der Waals surface area (Å²) in [6, 6.07) is -0.105. The van der Waals surface area contributed by atoms with Gasteiger partial charge in [0.2, 0.25) is 0 Å². The Morgan fingerprint density at radius 2 is 2.33 bits per heavy atom. The third-order valence-corrected chi connectivity index (χ3v) is 6.48. The third-order valence-electron chi connectivity index (χ3n) is 2.96. The highest BCUT2D eigenvalue weighted by atomic mass is 32.2. The molecule has 102 valence electrons. The summed E-state index contributed by atoms with van der Waals surface area (Å²) < 4.78 is 32.2. The van der Waals surface area contributed by atoms with E-state index in [0.29, 0.717) is 25.5 Å². The maximum atomic E-state index is 12.6. The minimum atomic E-state index is -3.50. The van der Waals surface area contributed by atoms with Crippen LogP contribution in [0.3, 0.4) is 0 Å². The molecular formula is C10H17N3O3S2. The van der Waals surface area contributed by atoms with Crippen LogP contribution in [0.1, 0.15) is 19.0 Å². The second-order valence-corrected chi connectivity index (χ2v) is 7.29. The maximum Gasteiger partial charge on any atom is 0.254 e. The van der Waals surface area contributed by atoms with E-state index in [4.69, 9.17) is 10.5 Å². The lowest BCUT2D eigenvalue weighted by Gasteiger charge is -2.33. The second-order valence-electron chi connectivity index (χ2n) is 4.18. The minimum Gasteiger partial charge on any atom is -0.378 e. The molecule has 1 atom stereocenters. The molecule has 8 heteroatoms. The minimum absolute atomic E-state index is 0.105. The Kier molecular flexibility index (Phi) is 3.90. The molecule has 1 aromatic heterocycles. The average Bonchev–Trinajstić information content (AvgIpc) is 2.69. The van der Waals surface area contributed by atoms with Gasteiger partial charge in [-0.1, -0.05) is 18.3 Å². The zero-order valence-electron chi connectivity index (χ0n) is 10.4. The van der Waals surface area contributed by atoms with E-state index >= 15 is 0 Å². The number of anilines is 1. The number of thiazole rings is 1. The molecule has 2 heterocycles. The Labute approximate surface area is 111 Å². The number of nitrogen functional groups attached to an aromatic ring is 1. The van der Waals surface area contributed by atoms with Gasteiger partial charge < -0.3 is 10.5 Å². The third kappa shape index (κ3) is 2.37. The number of aryl methyl sites for hydroxylation is 1. The lowest BCUT2D eigenvalue weighted by molar-refractivity contribution is 0.0315. The second kappa shape index (κ2) is 5.12. The van der Waals surface area contributed by atoms with Crippen molar-refractivity contribution in [2.24, 2.45) is 0 Å². The van der Waals surface area contributed by atoms with E-state index in [2.05, 4.69) is 4.98 Å². The number of aromatic nitrogens is 1. The van der Waals surface area contributed by atoms with Crippen molar-refractivity contribution in [2.45, 2.75) is 30.5 Å². The number of morpholine rings is 1. The molecule has 2 rings (SSSR count). The molecular weight excluding hydrogens is 274 g/mol. The topological polar surface area (TPSA) is 85.5 Å². The summed E-state index contributed by atoms with van der Waals surface area (Å²) in [6.07, 6.45) is 0.729. The molecule has 1 aromatic rings. The highest BCUT2D eigenvalue weighted by molar-refractivity contribution is 7.91. The van der Waals surface area contributed by atoms with Gasteiger partial charge >= 0.3 is 0 Å². The number of hydrogen-bond acceptors (Lipinski definition) is 6. The van der Waals surface area contributed by atoms with Gasteiger partial charge in [0.25, 0.3) is 10.0 Å². The Morgan fingerprint density at radius 1 is 1.61 bits per heavy atom. The Hall–Kier alpha value is -0.700.